The van der Waals surface area contributed by atoms with Gasteiger partial charge in [-0.05, 0) is 90.9 Å². The van der Waals surface area contributed by atoms with Crippen molar-refractivity contribution in [2.24, 2.45) is 0 Å². The van der Waals surface area contributed by atoms with E-state index in [1.165, 1.54) is 11.3 Å². The molecule has 0 atom stereocenters. The fourth-order valence-corrected chi connectivity index (χ4v) is 2.99. The molecule has 0 nitrogen and oxygen atoms in total. The number of hydrogen-bond acceptors (Lipinski definition) is 0. The first-order valence-corrected chi connectivity index (χ1v) is 10.5. The molecule has 100 valence electrons. The quantitative estimate of drug-likeness (QED) is 0.396. The Hall–Kier alpha value is 1.57. The zero-order valence-corrected chi connectivity index (χ0v) is 15.5. The van der Waals surface area contributed by atoms with E-state index in [0.29, 0.717) is 0 Å². The summed E-state index contributed by atoms with van der Waals surface area (Å²) in [6, 6.07) is 0. The molecule has 0 aromatic heterocycles. The Labute approximate surface area is 139 Å². The summed E-state index contributed by atoms with van der Waals surface area (Å²) >= 11 is 0. The molecule has 2 rings (SSSR count). The van der Waals surface area contributed by atoms with Gasteiger partial charge in [0.2, 0.25) is 0 Å². The van der Waals surface area contributed by atoms with Gasteiger partial charge in [0.05, 0.1) is 0 Å². The van der Waals surface area contributed by atoms with E-state index in [1.807, 2.05) is 0 Å². The second-order valence-electron chi connectivity index (χ2n) is 4.46. The topological polar surface area (TPSA) is 0 Å². The second-order valence-corrected chi connectivity index (χ2v) is 9.07. The first kappa shape index (κ1) is 20.6. The summed E-state index contributed by atoms with van der Waals surface area (Å²) < 4.78 is 0. The summed E-state index contributed by atoms with van der Waals surface area (Å²) in [6.45, 7) is 9.07. The van der Waals surface area contributed by atoms with Gasteiger partial charge in [-0.2, -0.15) is 0 Å². The van der Waals surface area contributed by atoms with Gasteiger partial charge in [0, 0.05) is 33.0 Å². The Bertz CT molecular complexity index is 193. The number of hydrogen-bond donors (Lipinski definition) is 0. The van der Waals surface area contributed by atoms with Crippen LogP contribution in [0.4, 0.5) is 0 Å². The molecule has 0 amide bonds. The van der Waals surface area contributed by atoms with Gasteiger partial charge in [-0.25, -0.2) is 0 Å². The van der Waals surface area contributed by atoms with Crippen molar-refractivity contribution in [1.29, 1.82) is 0 Å². The summed E-state index contributed by atoms with van der Waals surface area (Å²) in [7, 11) is 0.209. The molecule has 3 heteroatoms. The van der Waals surface area contributed by atoms with Crippen molar-refractivity contribution in [2.75, 3.05) is 26.7 Å². The maximum atomic E-state index is 2.27. The minimum Gasteiger partial charge on any atom is -0.105 e. The average Bonchev–Trinajstić information content (AvgIpc) is 2.72. The van der Waals surface area contributed by atoms with Crippen LogP contribution in [-0.4, -0.2) is 26.7 Å². The third-order valence-electron chi connectivity index (χ3n) is 2.55. The summed E-state index contributed by atoms with van der Waals surface area (Å²) in [5.41, 5.74) is 2.96. The molecule has 12 radical (unpaired) electrons. The fourth-order valence-electron chi connectivity index (χ4n) is 1.45. The van der Waals surface area contributed by atoms with Crippen LogP contribution >= 0.6 is 15.8 Å². The van der Waals surface area contributed by atoms with E-state index in [9.17, 15) is 0 Å². The van der Waals surface area contributed by atoms with Crippen molar-refractivity contribution in [3.05, 3.63) is 75.5 Å². The van der Waals surface area contributed by atoms with Gasteiger partial charge in [0.1, 0.15) is 0 Å². The van der Waals surface area contributed by atoms with E-state index in [1.54, 1.807) is 0 Å². The molecule has 0 spiro atoms. The van der Waals surface area contributed by atoms with Gasteiger partial charge in [0.15, 0.2) is 0 Å². The zero-order chi connectivity index (χ0) is 13.4. The first-order chi connectivity index (χ1) is 8.61. The predicted molar refractivity (Wildman–Crippen MR) is 87.0 cm³/mol. The Morgan fingerprint density at radius 3 is 1.05 bits per heavy atom. The molecule has 0 N–H and O–H groups in total. The molecule has 0 aromatic rings. The van der Waals surface area contributed by atoms with Crippen molar-refractivity contribution < 1.29 is 21.7 Å². The van der Waals surface area contributed by atoms with Crippen LogP contribution in [0.2, 0.25) is 0 Å². The van der Waals surface area contributed by atoms with Crippen LogP contribution in [0.25, 0.3) is 0 Å². The van der Waals surface area contributed by atoms with E-state index < -0.39 is 0 Å². The van der Waals surface area contributed by atoms with Crippen LogP contribution in [-0.2, 0) is 21.7 Å². The largest absolute Gasteiger partial charge is 0.105 e. The molecule has 0 heterocycles. The molecule has 19 heavy (non-hydrogen) atoms. The molecular formula is C16H22P2Ti. The Morgan fingerprint density at radius 2 is 0.789 bits per heavy atom. The third-order valence-corrected chi connectivity index (χ3v) is 5.21. The fraction of sp³-hybridized carbons (Fsp3) is 0.250. The monoisotopic (exact) mass is 324 g/mol. The minimum atomic E-state index is 0. The molecule has 2 saturated carbocycles. The molecule has 0 bridgehead atoms. The normalized spacial score (nSPS) is 21.8. The molecule has 2 aliphatic rings. The molecule has 2 fully saturated rings. The van der Waals surface area contributed by atoms with Crippen LogP contribution in [0.15, 0.2) is 0 Å². The van der Waals surface area contributed by atoms with Gasteiger partial charge in [0.25, 0.3) is 0 Å². The molecule has 0 saturated heterocycles. The minimum absolute atomic E-state index is 0. The van der Waals surface area contributed by atoms with Crippen LogP contribution < -0.4 is 0 Å². The van der Waals surface area contributed by atoms with Gasteiger partial charge < -0.3 is 0 Å². The first-order valence-electron chi connectivity index (χ1n) is 6.06. The predicted octanol–water partition coefficient (Wildman–Crippen LogP) is 4.59. The Morgan fingerprint density at radius 1 is 0.526 bits per heavy atom. The molecule has 0 unspecified atom stereocenters. The SMILES string of the molecule is CP(C)[C]1[CH][CH][CH][CH]1.CP(C)[C]1[CH][CH][CH][CH][CH][CH]1.[Ti]. The molecular weight excluding hydrogens is 302 g/mol. The van der Waals surface area contributed by atoms with E-state index in [4.69, 9.17) is 0 Å². The van der Waals surface area contributed by atoms with Gasteiger partial charge in [-0.1, -0.05) is 0 Å². The van der Waals surface area contributed by atoms with Crippen LogP contribution in [0, 0.1) is 75.5 Å². The average molecular weight is 324 g/mol. The van der Waals surface area contributed by atoms with Crippen molar-refractivity contribution >= 4 is 15.8 Å². The van der Waals surface area contributed by atoms with Crippen molar-refractivity contribution in [3.63, 3.8) is 0 Å². The van der Waals surface area contributed by atoms with E-state index in [0.717, 1.165) is 0 Å². The van der Waals surface area contributed by atoms with Gasteiger partial charge >= 0.3 is 0 Å². The smallest absolute Gasteiger partial charge is 0.00700 e. The summed E-state index contributed by atoms with van der Waals surface area (Å²) in [4.78, 5) is 0. The van der Waals surface area contributed by atoms with Crippen LogP contribution in [0.3, 0.4) is 0 Å². The second kappa shape index (κ2) is 12.2. The maximum absolute atomic E-state index is 2.27. The van der Waals surface area contributed by atoms with Crippen LogP contribution in [0.5, 0.6) is 0 Å². The van der Waals surface area contributed by atoms with E-state index in [2.05, 4.69) is 90.9 Å². The zero-order valence-electron chi connectivity index (χ0n) is 12.2. The Kier molecular flexibility index (Phi) is 13.2. The molecule has 2 aliphatic carbocycles. The summed E-state index contributed by atoms with van der Waals surface area (Å²) in [6.07, 6.45) is 21.2. The third kappa shape index (κ3) is 9.24. The van der Waals surface area contributed by atoms with Gasteiger partial charge in [-0.3, -0.25) is 0 Å². The molecule has 0 aromatic carbocycles. The standard InChI is InChI=1S/C9H12P.C7H10P.Ti/c1-10(2)9-7-5-3-4-6-8-9;1-8(2)7-5-3-4-6-7;/h3-8H,1-2H3;3-6H,1-2H3;. The van der Waals surface area contributed by atoms with Crippen molar-refractivity contribution in [1.82, 2.24) is 0 Å². The maximum Gasteiger partial charge on any atom is 0.00700 e. The van der Waals surface area contributed by atoms with Crippen LogP contribution in [0.1, 0.15) is 0 Å². The van der Waals surface area contributed by atoms with Crippen molar-refractivity contribution in [2.45, 2.75) is 0 Å². The Balaban J connectivity index is 0.000000331. The van der Waals surface area contributed by atoms with Gasteiger partial charge in [-0.15, -0.1) is 15.8 Å². The van der Waals surface area contributed by atoms with E-state index in [-0.39, 0.29) is 37.6 Å². The summed E-state index contributed by atoms with van der Waals surface area (Å²) in [5.74, 6) is 0. The molecule has 0 aliphatic heterocycles. The van der Waals surface area contributed by atoms with Crippen molar-refractivity contribution in [3.8, 4) is 0 Å². The summed E-state index contributed by atoms with van der Waals surface area (Å²) in [5, 5.41) is 0. The number of rotatable bonds is 2. The van der Waals surface area contributed by atoms with E-state index >= 15 is 0 Å².